The Morgan fingerprint density at radius 1 is 1.37 bits per heavy atom. The first-order chi connectivity index (χ1) is 9.22. The normalized spacial score (nSPS) is 19.3. The van der Waals surface area contributed by atoms with Crippen LogP contribution in [0.4, 0.5) is 0 Å². The molecule has 0 N–H and O–H groups in total. The molecule has 19 heavy (non-hydrogen) atoms. The molecule has 0 saturated carbocycles. The smallest absolute Gasteiger partial charge is 0.224 e. The number of hydrogen-bond acceptors (Lipinski definition) is 2. The molecule has 0 radical (unpaired) electrons. The molecule has 1 atom stereocenters. The van der Waals surface area contributed by atoms with Gasteiger partial charge in [0.2, 0.25) is 5.91 Å². The maximum atomic E-state index is 11.6. The van der Waals surface area contributed by atoms with Crippen molar-refractivity contribution in [2.45, 2.75) is 18.2 Å². The quantitative estimate of drug-likeness (QED) is 0.806. The predicted octanol–water partition coefficient (Wildman–Crippen LogP) is 2.62. The number of nitrogens with zero attached hydrogens (tertiary/aromatic N) is 2. The third-order valence-electron chi connectivity index (χ3n) is 3.48. The van der Waals surface area contributed by atoms with Crippen LogP contribution in [0.25, 0.3) is 10.9 Å². The zero-order valence-corrected chi connectivity index (χ0v) is 11.3. The fraction of sp³-hybridized carbons (Fsp3) is 0.333. The van der Waals surface area contributed by atoms with E-state index in [0.29, 0.717) is 13.0 Å². The molecular weight excluding hydrogens is 260 g/mol. The lowest BCUT2D eigenvalue weighted by Crippen LogP contribution is -2.27. The summed E-state index contributed by atoms with van der Waals surface area (Å²) in [4.78, 5) is 17.9. The van der Waals surface area contributed by atoms with Crippen LogP contribution in [0.5, 0.6) is 0 Å². The van der Waals surface area contributed by atoms with Crippen LogP contribution < -0.4 is 0 Å². The van der Waals surface area contributed by atoms with Gasteiger partial charge < -0.3 is 4.90 Å². The fourth-order valence-electron chi connectivity index (χ4n) is 2.46. The van der Waals surface area contributed by atoms with Crippen LogP contribution in [0.3, 0.4) is 0 Å². The number of hydrogen-bond donors (Lipinski definition) is 0. The summed E-state index contributed by atoms with van der Waals surface area (Å²) < 4.78 is 0. The van der Waals surface area contributed by atoms with Crippen molar-refractivity contribution < 1.29 is 4.79 Å². The van der Waals surface area contributed by atoms with Crippen LogP contribution in [0.1, 0.15) is 12.0 Å². The van der Waals surface area contributed by atoms with E-state index in [9.17, 15) is 4.79 Å². The maximum absolute atomic E-state index is 11.6. The van der Waals surface area contributed by atoms with Crippen LogP contribution in [-0.2, 0) is 11.2 Å². The molecule has 1 fully saturated rings. The second kappa shape index (κ2) is 5.17. The van der Waals surface area contributed by atoms with Gasteiger partial charge >= 0.3 is 0 Å². The summed E-state index contributed by atoms with van der Waals surface area (Å²) in [6, 6.07) is 10.2. The van der Waals surface area contributed by atoms with Crippen LogP contribution in [0.2, 0.25) is 0 Å². The van der Waals surface area contributed by atoms with Crippen LogP contribution in [0.15, 0.2) is 36.5 Å². The number of amides is 1. The molecule has 1 saturated heterocycles. The Kier molecular flexibility index (Phi) is 3.38. The van der Waals surface area contributed by atoms with Crippen molar-refractivity contribution in [3.05, 3.63) is 42.1 Å². The molecule has 0 aliphatic carbocycles. The number of carbonyl (C=O) groups excluding carboxylic acids is 1. The Morgan fingerprint density at radius 2 is 2.21 bits per heavy atom. The molecule has 1 amide bonds. The maximum Gasteiger partial charge on any atom is 0.224 e. The van der Waals surface area contributed by atoms with Gasteiger partial charge in [0.05, 0.1) is 10.9 Å². The third kappa shape index (κ3) is 2.71. The zero-order valence-electron chi connectivity index (χ0n) is 10.6. The third-order valence-corrected chi connectivity index (χ3v) is 3.78. The van der Waals surface area contributed by atoms with E-state index in [0.717, 1.165) is 29.4 Å². The lowest BCUT2D eigenvalue weighted by molar-refractivity contribution is -0.127. The number of likely N-dealkylation sites (tertiary alicyclic amines) is 1. The van der Waals surface area contributed by atoms with E-state index in [1.807, 2.05) is 29.3 Å². The summed E-state index contributed by atoms with van der Waals surface area (Å²) in [5.41, 5.74) is 2.16. The largest absolute Gasteiger partial charge is 0.341 e. The van der Waals surface area contributed by atoms with Crippen LogP contribution in [0, 0.1) is 0 Å². The first-order valence-electron chi connectivity index (χ1n) is 6.48. The first-order valence-corrected chi connectivity index (χ1v) is 6.91. The average molecular weight is 275 g/mol. The number of fused-ring (bicyclic) bond motifs is 1. The molecule has 0 spiro atoms. The van der Waals surface area contributed by atoms with E-state index in [4.69, 9.17) is 11.6 Å². The lowest BCUT2D eigenvalue weighted by atomic mass is 10.1. The highest BCUT2D eigenvalue weighted by Gasteiger charge is 2.27. The van der Waals surface area contributed by atoms with Gasteiger partial charge in [-0.05, 0) is 24.1 Å². The number of halogens is 1. The van der Waals surface area contributed by atoms with Crippen molar-refractivity contribution in [2.24, 2.45) is 0 Å². The molecule has 3 nitrogen and oxygen atoms in total. The van der Waals surface area contributed by atoms with Gasteiger partial charge in [0.25, 0.3) is 0 Å². The second-order valence-corrected chi connectivity index (χ2v) is 5.54. The molecule has 2 heterocycles. The van der Waals surface area contributed by atoms with Crippen LogP contribution in [-0.4, -0.2) is 34.3 Å². The van der Waals surface area contributed by atoms with Gasteiger partial charge in [-0.3, -0.25) is 9.78 Å². The van der Waals surface area contributed by atoms with Crippen molar-refractivity contribution in [3.63, 3.8) is 0 Å². The Hall–Kier alpha value is -1.61. The van der Waals surface area contributed by atoms with Crippen molar-refractivity contribution in [2.75, 3.05) is 13.1 Å². The van der Waals surface area contributed by atoms with E-state index in [2.05, 4.69) is 17.1 Å². The van der Waals surface area contributed by atoms with Gasteiger partial charge in [0.15, 0.2) is 0 Å². The van der Waals surface area contributed by atoms with E-state index in [1.165, 1.54) is 0 Å². The number of rotatable bonds is 3. The summed E-state index contributed by atoms with van der Waals surface area (Å²) in [7, 11) is 0. The molecule has 1 aromatic heterocycles. The average Bonchev–Trinajstić information content (AvgIpc) is 2.74. The number of carbonyl (C=O) groups is 1. The monoisotopic (exact) mass is 274 g/mol. The minimum Gasteiger partial charge on any atom is -0.341 e. The summed E-state index contributed by atoms with van der Waals surface area (Å²) in [6.45, 7) is 1.39. The first kappa shape index (κ1) is 12.4. The summed E-state index contributed by atoms with van der Waals surface area (Å²) in [5.74, 6) is 0.161. The molecule has 2 aromatic rings. The number of aromatic nitrogens is 1. The van der Waals surface area contributed by atoms with Gasteiger partial charge in [-0.2, -0.15) is 0 Å². The van der Waals surface area contributed by atoms with E-state index in [1.54, 1.807) is 0 Å². The zero-order chi connectivity index (χ0) is 13.2. The fourth-order valence-corrected chi connectivity index (χ4v) is 2.76. The molecule has 4 heteroatoms. The Labute approximate surface area is 117 Å². The van der Waals surface area contributed by atoms with Gasteiger partial charge in [-0.25, -0.2) is 0 Å². The van der Waals surface area contributed by atoms with Crippen LogP contribution >= 0.6 is 11.6 Å². The number of alkyl halides is 1. The Bertz CT molecular complexity index is 614. The van der Waals surface area contributed by atoms with E-state index in [-0.39, 0.29) is 11.3 Å². The Morgan fingerprint density at radius 3 is 3.00 bits per heavy atom. The van der Waals surface area contributed by atoms with Crippen molar-refractivity contribution in [3.8, 4) is 0 Å². The summed E-state index contributed by atoms with van der Waals surface area (Å²) in [6.07, 6.45) is 3.19. The highest BCUT2D eigenvalue weighted by Crippen LogP contribution is 2.18. The molecule has 1 aliphatic heterocycles. The van der Waals surface area contributed by atoms with Gasteiger partial charge in [-0.15, -0.1) is 11.6 Å². The topological polar surface area (TPSA) is 33.2 Å². The molecule has 0 bridgehead atoms. The van der Waals surface area contributed by atoms with Gasteiger partial charge in [0, 0.05) is 31.1 Å². The minimum atomic E-state index is -0.0257. The molecule has 3 rings (SSSR count). The molecule has 98 valence electrons. The summed E-state index contributed by atoms with van der Waals surface area (Å²) in [5, 5.41) is 1.12. The Balaban J connectivity index is 1.70. The molecule has 1 aliphatic rings. The predicted molar refractivity (Wildman–Crippen MR) is 76.3 cm³/mol. The van der Waals surface area contributed by atoms with Crippen molar-refractivity contribution >= 4 is 28.4 Å². The minimum absolute atomic E-state index is 0.0257. The number of para-hydroxylation sites is 1. The van der Waals surface area contributed by atoms with Crippen molar-refractivity contribution in [1.29, 1.82) is 0 Å². The summed E-state index contributed by atoms with van der Waals surface area (Å²) >= 11 is 5.99. The van der Waals surface area contributed by atoms with Gasteiger partial charge in [0.1, 0.15) is 0 Å². The molecule has 1 aromatic carbocycles. The lowest BCUT2D eigenvalue weighted by Gasteiger charge is -2.15. The molecular formula is C15H15ClN2O. The standard InChI is InChI=1S/C15H15ClN2O/c16-13-8-15(19)18(10-13)6-5-11-7-12-3-1-2-4-14(12)17-9-11/h1-4,7,9,13H,5-6,8,10H2. The van der Waals surface area contributed by atoms with E-state index >= 15 is 0 Å². The van der Waals surface area contributed by atoms with Gasteiger partial charge in [-0.1, -0.05) is 18.2 Å². The highest BCUT2D eigenvalue weighted by molar-refractivity contribution is 6.22. The van der Waals surface area contributed by atoms with E-state index < -0.39 is 0 Å². The number of benzene rings is 1. The van der Waals surface area contributed by atoms with Crippen molar-refractivity contribution in [1.82, 2.24) is 9.88 Å². The SMILES string of the molecule is O=C1CC(Cl)CN1CCc1cnc2ccccc2c1. The second-order valence-electron chi connectivity index (χ2n) is 4.93. The highest BCUT2D eigenvalue weighted by atomic mass is 35.5. The molecule has 1 unspecified atom stereocenters. The number of pyridine rings is 1.